The van der Waals surface area contributed by atoms with Gasteiger partial charge in [-0.15, -0.1) is 0 Å². The van der Waals surface area contributed by atoms with Gasteiger partial charge < -0.3 is 11.1 Å². The fraction of sp³-hybridized carbons (Fsp3) is 0.350. The molecule has 120 valence electrons. The van der Waals surface area contributed by atoms with Crippen LogP contribution in [0.4, 0.5) is 0 Å². The molecule has 0 saturated heterocycles. The van der Waals surface area contributed by atoms with Crippen LogP contribution in [-0.4, -0.2) is 19.0 Å². The third-order valence-electron chi connectivity index (χ3n) is 4.64. The van der Waals surface area contributed by atoms with E-state index in [1.807, 2.05) is 12.1 Å². The molecule has 2 aromatic rings. The molecule has 0 heterocycles. The minimum atomic E-state index is 0.237. The molecule has 1 aliphatic carbocycles. The van der Waals surface area contributed by atoms with Crippen molar-refractivity contribution < 1.29 is 0 Å². The summed E-state index contributed by atoms with van der Waals surface area (Å²) in [7, 11) is 0. The van der Waals surface area contributed by atoms with E-state index in [2.05, 4.69) is 58.8 Å². The number of nitrogens with zero attached hydrogens (tertiary/aromatic N) is 1. The molecule has 3 rings (SSSR count). The van der Waals surface area contributed by atoms with Crippen molar-refractivity contribution in [3.05, 3.63) is 71.8 Å². The average molecular weight is 307 g/mol. The summed E-state index contributed by atoms with van der Waals surface area (Å²) in [5, 5.41) is 3.27. The van der Waals surface area contributed by atoms with Gasteiger partial charge in [-0.2, -0.15) is 0 Å². The highest BCUT2D eigenvalue weighted by molar-refractivity contribution is 5.77. The Hall–Kier alpha value is -2.29. The number of benzene rings is 2. The van der Waals surface area contributed by atoms with Gasteiger partial charge in [-0.25, -0.2) is 0 Å². The van der Waals surface area contributed by atoms with Crippen LogP contribution in [0.1, 0.15) is 36.3 Å². The average Bonchev–Trinajstić information content (AvgIpc) is 2.56. The van der Waals surface area contributed by atoms with E-state index in [0.717, 1.165) is 12.5 Å². The van der Waals surface area contributed by atoms with Crippen LogP contribution in [-0.2, 0) is 0 Å². The Kier molecular flexibility index (Phi) is 5.30. The SMILES string of the molecule is NC(=NCC(c1ccccc1)c1ccccc1)NCC1CCC1. The van der Waals surface area contributed by atoms with Gasteiger partial charge in [-0.3, -0.25) is 4.99 Å². The van der Waals surface area contributed by atoms with Crippen LogP contribution < -0.4 is 11.1 Å². The maximum absolute atomic E-state index is 6.04. The summed E-state index contributed by atoms with van der Waals surface area (Å²) in [5.41, 5.74) is 8.59. The first kappa shape index (κ1) is 15.6. The first-order chi connectivity index (χ1) is 11.3. The summed E-state index contributed by atoms with van der Waals surface area (Å²) in [4.78, 5) is 4.59. The van der Waals surface area contributed by atoms with E-state index in [1.165, 1.54) is 30.4 Å². The quantitative estimate of drug-likeness (QED) is 0.633. The molecule has 0 unspecified atom stereocenters. The van der Waals surface area contributed by atoms with Crippen LogP contribution >= 0.6 is 0 Å². The predicted molar refractivity (Wildman–Crippen MR) is 96.6 cm³/mol. The topological polar surface area (TPSA) is 50.4 Å². The highest BCUT2D eigenvalue weighted by atomic mass is 15.1. The van der Waals surface area contributed by atoms with Gasteiger partial charge in [0.15, 0.2) is 5.96 Å². The number of guanidine groups is 1. The molecule has 23 heavy (non-hydrogen) atoms. The second-order valence-electron chi connectivity index (χ2n) is 6.28. The first-order valence-corrected chi connectivity index (χ1v) is 8.46. The Bertz CT molecular complexity index is 578. The van der Waals surface area contributed by atoms with Crippen LogP contribution in [0.2, 0.25) is 0 Å². The number of rotatable bonds is 6. The zero-order valence-electron chi connectivity index (χ0n) is 13.5. The van der Waals surface area contributed by atoms with Gasteiger partial charge in [0.05, 0.1) is 6.54 Å². The van der Waals surface area contributed by atoms with E-state index in [-0.39, 0.29) is 5.92 Å². The van der Waals surface area contributed by atoms with E-state index in [9.17, 15) is 0 Å². The molecule has 3 heteroatoms. The summed E-state index contributed by atoms with van der Waals surface area (Å²) >= 11 is 0. The Morgan fingerprint density at radius 1 is 1.00 bits per heavy atom. The lowest BCUT2D eigenvalue weighted by molar-refractivity contribution is 0.315. The Labute approximate surface area is 138 Å². The van der Waals surface area contributed by atoms with Crippen LogP contribution in [0.25, 0.3) is 0 Å². The van der Waals surface area contributed by atoms with Gasteiger partial charge in [0.2, 0.25) is 0 Å². The molecule has 1 aliphatic rings. The first-order valence-electron chi connectivity index (χ1n) is 8.46. The number of nitrogens with two attached hydrogens (primary N) is 1. The Morgan fingerprint density at radius 2 is 1.57 bits per heavy atom. The molecular weight excluding hydrogens is 282 g/mol. The Morgan fingerprint density at radius 3 is 2.04 bits per heavy atom. The van der Waals surface area contributed by atoms with Gasteiger partial charge in [0.25, 0.3) is 0 Å². The van der Waals surface area contributed by atoms with Crippen molar-refractivity contribution in [1.29, 1.82) is 0 Å². The zero-order valence-corrected chi connectivity index (χ0v) is 13.5. The van der Waals surface area contributed by atoms with Crippen molar-refractivity contribution >= 4 is 5.96 Å². The molecule has 1 saturated carbocycles. The summed E-state index contributed by atoms with van der Waals surface area (Å²) in [6, 6.07) is 21.0. The van der Waals surface area contributed by atoms with Crippen molar-refractivity contribution in [2.75, 3.05) is 13.1 Å². The van der Waals surface area contributed by atoms with Gasteiger partial charge in [0, 0.05) is 12.5 Å². The van der Waals surface area contributed by atoms with E-state index in [4.69, 9.17) is 5.73 Å². The minimum absolute atomic E-state index is 0.237. The van der Waals surface area contributed by atoms with E-state index < -0.39 is 0 Å². The highest BCUT2D eigenvalue weighted by Crippen LogP contribution is 2.26. The smallest absolute Gasteiger partial charge is 0.188 e. The van der Waals surface area contributed by atoms with Crippen molar-refractivity contribution in [2.45, 2.75) is 25.2 Å². The summed E-state index contributed by atoms with van der Waals surface area (Å²) in [6.07, 6.45) is 3.99. The van der Waals surface area contributed by atoms with E-state index >= 15 is 0 Å². The minimum Gasteiger partial charge on any atom is -0.370 e. The van der Waals surface area contributed by atoms with Crippen molar-refractivity contribution in [3.8, 4) is 0 Å². The second-order valence-corrected chi connectivity index (χ2v) is 6.28. The third-order valence-corrected chi connectivity index (χ3v) is 4.64. The Balaban J connectivity index is 1.68. The second kappa shape index (κ2) is 7.82. The van der Waals surface area contributed by atoms with Gasteiger partial charge in [0.1, 0.15) is 0 Å². The molecule has 0 atom stereocenters. The maximum Gasteiger partial charge on any atom is 0.188 e. The predicted octanol–water partition coefficient (Wildman–Crippen LogP) is 3.52. The van der Waals surface area contributed by atoms with Gasteiger partial charge in [-0.1, -0.05) is 67.1 Å². The van der Waals surface area contributed by atoms with Crippen LogP contribution in [0.15, 0.2) is 65.7 Å². The number of aliphatic imine (C=N–C) groups is 1. The molecule has 0 aromatic heterocycles. The highest BCUT2D eigenvalue weighted by Gasteiger charge is 2.17. The van der Waals surface area contributed by atoms with Crippen molar-refractivity contribution in [1.82, 2.24) is 5.32 Å². The molecule has 2 aromatic carbocycles. The standard InChI is InChI=1S/C20H25N3/c21-20(22-14-16-8-7-9-16)23-15-19(17-10-3-1-4-11-17)18-12-5-2-6-13-18/h1-6,10-13,16,19H,7-9,14-15H2,(H3,21,22,23). The van der Waals surface area contributed by atoms with E-state index in [1.54, 1.807) is 0 Å². The van der Waals surface area contributed by atoms with Crippen LogP contribution in [0, 0.1) is 5.92 Å². The summed E-state index contributed by atoms with van der Waals surface area (Å²) in [5.74, 6) is 1.58. The van der Waals surface area contributed by atoms with Crippen molar-refractivity contribution in [2.24, 2.45) is 16.6 Å². The number of hydrogen-bond acceptors (Lipinski definition) is 1. The molecule has 0 spiro atoms. The molecule has 0 radical (unpaired) electrons. The molecule has 3 nitrogen and oxygen atoms in total. The molecular formula is C20H25N3. The lowest BCUT2D eigenvalue weighted by Gasteiger charge is -2.25. The van der Waals surface area contributed by atoms with Crippen LogP contribution in [0.3, 0.4) is 0 Å². The van der Waals surface area contributed by atoms with Crippen molar-refractivity contribution in [3.63, 3.8) is 0 Å². The molecule has 0 amide bonds. The fourth-order valence-electron chi connectivity index (χ4n) is 2.97. The molecule has 1 fully saturated rings. The lowest BCUT2D eigenvalue weighted by Crippen LogP contribution is -2.37. The zero-order chi connectivity index (χ0) is 15.9. The lowest BCUT2D eigenvalue weighted by atomic mass is 9.85. The largest absolute Gasteiger partial charge is 0.370 e. The van der Waals surface area contributed by atoms with Gasteiger partial charge >= 0.3 is 0 Å². The maximum atomic E-state index is 6.04. The summed E-state index contributed by atoms with van der Waals surface area (Å²) < 4.78 is 0. The summed E-state index contributed by atoms with van der Waals surface area (Å²) in [6.45, 7) is 1.62. The molecule has 0 aliphatic heterocycles. The number of hydrogen-bond donors (Lipinski definition) is 2. The van der Waals surface area contributed by atoms with Crippen LogP contribution in [0.5, 0.6) is 0 Å². The molecule has 0 bridgehead atoms. The van der Waals surface area contributed by atoms with E-state index in [0.29, 0.717) is 12.5 Å². The fourth-order valence-corrected chi connectivity index (χ4v) is 2.97. The normalized spacial score (nSPS) is 15.4. The molecule has 3 N–H and O–H groups in total. The number of nitrogens with one attached hydrogen (secondary N) is 1. The third kappa shape index (κ3) is 4.35. The van der Waals surface area contributed by atoms with Gasteiger partial charge in [-0.05, 0) is 29.9 Å². The monoisotopic (exact) mass is 307 g/mol.